The van der Waals surface area contributed by atoms with Crippen LogP contribution in [-0.4, -0.2) is 169 Å². The number of methoxy groups -OCH3 is 1. The van der Waals surface area contributed by atoms with Crippen molar-refractivity contribution in [3.8, 4) is 0 Å². The Morgan fingerprint density at radius 1 is 0.784 bits per heavy atom. The molecule has 1 unspecified atom stereocenters. The van der Waals surface area contributed by atoms with Crippen LogP contribution in [0.5, 0.6) is 0 Å². The molecule has 3 amide bonds. The van der Waals surface area contributed by atoms with Crippen LogP contribution in [0.15, 0.2) is 88.9 Å². The summed E-state index contributed by atoms with van der Waals surface area (Å²) in [6, 6.07) is 15.9. The van der Waals surface area contributed by atoms with Gasteiger partial charge in [0.15, 0.2) is 0 Å². The lowest BCUT2D eigenvalue weighted by atomic mass is 9.89. The van der Waals surface area contributed by atoms with Crippen LogP contribution in [0.1, 0.15) is 116 Å². The molecule has 4 fully saturated rings. The minimum absolute atomic E-state index is 0.00508. The Bertz CT molecular complexity index is 2640. The van der Waals surface area contributed by atoms with Gasteiger partial charge >= 0.3 is 0 Å². The molecule has 3 aromatic heterocycles. The van der Waals surface area contributed by atoms with E-state index >= 15 is 0 Å². The van der Waals surface area contributed by atoms with E-state index in [1.54, 1.807) is 7.11 Å². The Morgan fingerprint density at radius 3 is 2.26 bits per heavy atom. The second-order valence-electron chi connectivity index (χ2n) is 20.6. The zero-order valence-electron chi connectivity index (χ0n) is 44.7. The van der Waals surface area contributed by atoms with Crippen molar-refractivity contribution in [2.45, 2.75) is 91.5 Å². The quantitative estimate of drug-likeness (QED) is 0.121. The third-order valence-corrected chi connectivity index (χ3v) is 15.3. The molecule has 4 aliphatic heterocycles. The summed E-state index contributed by atoms with van der Waals surface area (Å²) in [5.41, 5.74) is 7.89. The summed E-state index contributed by atoms with van der Waals surface area (Å²) < 4.78 is 11.3. The normalized spacial score (nSPS) is 19.3. The predicted octanol–water partition coefficient (Wildman–Crippen LogP) is 6.84. The van der Waals surface area contributed by atoms with Gasteiger partial charge in [0.05, 0.1) is 48.9 Å². The Balaban J connectivity index is 0.00000237. The van der Waals surface area contributed by atoms with E-state index in [9.17, 15) is 19.2 Å². The number of anilines is 1. The second-order valence-corrected chi connectivity index (χ2v) is 20.6. The number of aromatic amines is 1. The number of aryl methyl sites for hydroxylation is 1. The first-order valence-corrected chi connectivity index (χ1v) is 27.5. The number of rotatable bonds is 16. The average Bonchev–Trinajstić information content (AvgIpc) is 3.44. The van der Waals surface area contributed by atoms with E-state index < -0.39 is 0 Å². The zero-order valence-corrected chi connectivity index (χ0v) is 44.7. The van der Waals surface area contributed by atoms with E-state index in [2.05, 4.69) is 60.9 Å². The van der Waals surface area contributed by atoms with Gasteiger partial charge in [-0.25, -0.2) is 4.98 Å². The number of nitrogens with one attached hydrogen (secondary N) is 2. The summed E-state index contributed by atoms with van der Waals surface area (Å²) in [6.45, 7) is 20.8. The summed E-state index contributed by atoms with van der Waals surface area (Å²) in [5.74, 6) is 2.62. The van der Waals surface area contributed by atoms with Gasteiger partial charge in [0.25, 0.3) is 17.4 Å². The van der Waals surface area contributed by atoms with Gasteiger partial charge in [-0.15, -0.1) is 0 Å². The highest BCUT2D eigenvalue weighted by atomic mass is 16.5. The molecule has 7 heterocycles. The maximum atomic E-state index is 13.8. The minimum Gasteiger partial charge on any atom is -0.501 e. The van der Waals surface area contributed by atoms with Gasteiger partial charge in [-0.05, 0) is 104 Å². The van der Waals surface area contributed by atoms with Crippen molar-refractivity contribution in [2.75, 3.05) is 117 Å². The van der Waals surface area contributed by atoms with E-state index in [0.29, 0.717) is 50.8 Å². The van der Waals surface area contributed by atoms with Crippen molar-refractivity contribution in [2.24, 2.45) is 5.92 Å². The Kier molecular flexibility index (Phi) is 19.3. The number of likely N-dealkylation sites (tertiary alicyclic amines) is 2. The first kappa shape index (κ1) is 54.2. The van der Waals surface area contributed by atoms with Crippen LogP contribution in [0.4, 0.5) is 5.69 Å². The molecular weight excluding hydrogens is 933 g/mol. The number of allylic oxidation sites excluding steroid dienone is 2. The van der Waals surface area contributed by atoms with Crippen LogP contribution in [0, 0.1) is 5.92 Å². The molecule has 0 spiro atoms. The van der Waals surface area contributed by atoms with Gasteiger partial charge in [-0.1, -0.05) is 39.3 Å². The fourth-order valence-electron chi connectivity index (χ4n) is 11.0. The fourth-order valence-corrected chi connectivity index (χ4v) is 11.0. The highest BCUT2D eigenvalue weighted by Crippen LogP contribution is 2.29. The van der Waals surface area contributed by atoms with Crippen LogP contribution in [0.25, 0.3) is 11.0 Å². The number of amides is 3. The maximum Gasteiger partial charge on any atom is 0.272 e. The molecule has 1 atom stereocenters. The molecule has 9 rings (SSSR count). The first-order chi connectivity index (χ1) is 36.0. The Hall–Kier alpha value is -6.10. The number of carbonyl (C=O) groups is 3. The first-order valence-electron chi connectivity index (χ1n) is 27.5. The lowest BCUT2D eigenvalue weighted by Gasteiger charge is -2.39. The fraction of sp³-hybridized carbons (Fsp3) is 0.552. The molecule has 74 heavy (non-hydrogen) atoms. The van der Waals surface area contributed by atoms with E-state index in [1.807, 2.05) is 83.4 Å². The average molecular weight is 1010 g/mol. The van der Waals surface area contributed by atoms with Crippen molar-refractivity contribution in [3.05, 3.63) is 122 Å². The Morgan fingerprint density at radius 2 is 1.54 bits per heavy atom. The summed E-state index contributed by atoms with van der Waals surface area (Å²) in [4.78, 5) is 78.5. The number of hydrogen-bond donors (Lipinski definition) is 2. The number of nitrogens with zero attached hydrogens (tertiary/aromatic N) is 8. The van der Waals surface area contributed by atoms with Gasteiger partial charge in [0.1, 0.15) is 11.5 Å². The van der Waals surface area contributed by atoms with Crippen molar-refractivity contribution in [1.82, 2.24) is 44.8 Å². The molecule has 2 N–H and O–H groups in total. The van der Waals surface area contributed by atoms with Crippen molar-refractivity contribution in [3.63, 3.8) is 0 Å². The van der Waals surface area contributed by atoms with E-state index in [-0.39, 0.29) is 35.7 Å². The number of ether oxygens (including phenoxy) is 2. The number of aromatic nitrogens is 3. The van der Waals surface area contributed by atoms with Crippen molar-refractivity contribution in [1.29, 1.82) is 0 Å². The summed E-state index contributed by atoms with van der Waals surface area (Å²) in [6.07, 6.45) is 13.1. The number of fused-ring (bicyclic) bond motifs is 1. The number of hydrogen-bond acceptors (Lipinski definition) is 12. The molecule has 0 saturated carbocycles. The third kappa shape index (κ3) is 14.0. The topological polar surface area (TPSA) is 160 Å². The van der Waals surface area contributed by atoms with E-state index in [0.717, 1.165) is 167 Å². The van der Waals surface area contributed by atoms with Crippen LogP contribution >= 0.6 is 0 Å². The number of carbonyl (C=O) groups excluding carboxylic acids is 3. The molecule has 5 aliphatic rings. The predicted molar refractivity (Wildman–Crippen MR) is 291 cm³/mol. The Labute approximate surface area is 438 Å². The van der Waals surface area contributed by atoms with E-state index in [4.69, 9.17) is 9.47 Å². The number of benzene rings is 1. The SMILES string of the molecule is CCC.CCOC1=C(CNCC(=O)N2CCCC(c3cccc(C(=O)N4CCN(CC5CCN(C(=O)c6ccc(N7CCN(Cc8cnc9cc(CC)c(=O)[nH]c9c8)CC7)cn6)CC5)CC4)c3)C2)CCC(OC)=C1. The molecule has 16 nitrogen and oxygen atoms in total. The second kappa shape index (κ2) is 26.4. The number of piperazine rings is 2. The largest absolute Gasteiger partial charge is 0.501 e. The van der Waals surface area contributed by atoms with Crippen LogP contribution < -0.4 is 15.8 Å². The minimum atomic E-state index is -0.0440. The van der Waals surface area contributed by atoms with Gasteiger partial charge in [-0.2, -0.15) is 0 Å². The number of piperidine rings is 2. The molecule has 0 bridgehead atoms. The van der Waals surface area contributed by atoms with Crippen LogP contribution in [0.2, 0.25) is 0 Å². The van der Waals surface area contributed by atoms with Crippen molar-refractivity contribution >= 4 is 34.4 Å². The lowest BCUT2D eigenvalue weighted by molar-refractivity contribution is -0.131. The molecular formula is C58H80N10O6. The highest BCUT2D eigenvalue weighted by molar-refractivity contribution is 5.94. The summed E-state index contributed by atoms with van der Waals surface area (Å²) in [5, 5.41) is 3.37. The zero-order chi connectivity index (χ0) is 52.0. The molecule has 4 aromatic rings. The molecule has 1 aliphatic carbocycles. The molecule has 0 radical (unpaired) electrons. The van der Waals surface area contributed by atoms with Crippen LogP contribution in [0.3, 0.4) is 0 Å². The number of H-pyrrole nitrogens is 1. The molecule has 1 aromatic carbocycles. The number of pyridine rings is 3. The monoisotopic (exact) mass is 1010 g/mol. The van der Waals surface area contributed by atoms with Gasteiger partial charge in [0, 0.05) is 134 Å². The summed E-state index contributed by atoms with van der Waals surface area (Å²) >= 11 is 0. The lowest BCUT2D eigenvalue weighted by Crippen LogP contribution is -2.50. The smallest absolute Gasteiger partial charge is 0.272 e. The third-order valence-electron chi connectivity index (χ3n) is 15.3. The van der Waals surface area contributed by atoms with E-state index in [1.165, 1.54) is 6.42 Å². The molecule has 398 valence electrons. The summed E-state index contributed by atoms with van der Waals surface area (Å²) in [7, 11) is 1.68. The van der Waals surface area contributed by atoms with Gasteiger partial charge in [-0.3, -0.25) is 34.0 Å². The van der Waals surface area contributed by atoms with Crippen LogP contribution in [-0.2, 0) is 27.2 Å². The van der Waals surface area contributed by atoms with Gasteiger partial charge in [0.2, 0.25) is 5.91 Å². The maximum absolute atomic E-state index is 13.8. The molecule has 4 saturated heterocycles. The molecule has 16 heteroatoms. The highest BCUT2D eigenvalue weighted by Gasteiger charge is 2.30. The standard InChI is InChI=1S/C55H72N10O6.C3H8/c1-4-41-30-49-50(59-53(41)67)28-40(32-57-49)37-61-20-24-62(25-21-61)46-12-14-48(58-34-46)55(69)63-18-15-39(16-19-63)36-60-22-26-64(27-23-60)54(68)43-9-6-8-42(29-43)45-10-7-17-65(38-45)52(66)35-56-33-44-11-13-47(70-3)31-51(44)71-5-2;1-3-2/h6,8-9,12,14,28-32,34,39,45,56H,4-5,7,10-11,13,15-27,33,35-38H2,1-3H3,(H,59,67);3H2,1-2H3. The van der Waals surface area contributed by atoms with Crippen molar-refractivity contribution < 1.29 is 23.9 Å². The van der Waals surface area contributed by atoms with Gasteiger partial charge < -0.3 is 39.4 Å².